The van der Waals surface area contributed by atoms with Gasteiger partial charge in [0.2, 0.25) is 0 Å². The first-order chi connectivity index (χ1) is 11.5. The highest BCUT2D eigenvalue weighted by Crippen LogP contribution is 2.71. The lowest BCUT2D eigenvalue weighted by Crippen LogP contribution is -2.56. The Hall–Kier alpha value is -0.310. The topological polar surface area (TPSA) is 34.1 Å². The van der Waals surface area contributed by atoms with Crippen LogP contribution in [0.4, 0.5) is 0 Å². The van der Waals surface area contributed by atoms with Crippen molar-refractivity contribution in [2.75, 3.05) is 5.75 Å². The summed E-state index contributed by atoms with van der Waals surface area (Å²) in [5.74, 6) is 5.71. The molecule has 1 heterocycles. The van der Waals surface area contributed by atoms with Crippen LogP contribution < -0.4 is 0 Å². The minimum absolute atomic E-state index is 0.269. The summed E-state index contributed by atoms with van der Waals surface area (Å²) < 4.78 is 0. The maximum Gasteiger partial charge on any atom is 0.133 e. The van der Waals surface area contributed by atoms with Gasteiger partial charge >= 0.3 is 0 Å². The lowest BCUT2D eigenvalue weighted by Gasteiger charge is -2.59. The minimum atomic E-state index is 0.269. The number of thioether (sulfide) groups is 1. The summed E-state index contributed by atoms with van der Waals surface area (Å²) in [7, 11) is 0. The monoisotopic (exact) mass is 346 g/mol. The zero-order chi connectivity index (χ0) is 16.7. The van der Waals surface area contributed by atoms with Gasteiger partial charge in [-0.3, -0.25) is 9.59 Å². The third kappa shape index (κ3) is 1.86. The molecule has 0 amide bonds. The first-order valence-electron chi connectivity index (χ1n) is 10.1. The molecular formula is C21H30O2S. The fourth-order valence-electron chi connectivity index (χ4n) is 8.23. The summed E-state index contributed by atoms with van der Waals surface area (Å²) in [6, 6.07) is 0. The van der Waals surface area contributed by atoms with Gasteiger partial charge in [0.25, 0.3) is 0 Å². The summed E-state index contributed by atoms with van der Waals surface area (Å²) in [6.45, 7) is 4.27. The van der Waals surface area contributed by atoms with Crippen LogP contribution in [0.25, 0.3) is 0 Å². The van der Waals surface area contributed by atoms with Gasteiger partial charge < -0.3 is 0 Å². The smallest absolute Gasteiger partial charge is 0.133 e. The van der Waals surface area contributed by atoms with Crippen LogP contribution in [0.3, 0.4) is 0 Å². The van der Waals surface area contributed by atoms with Crippen LogP contribution in [-0.2, 0) is 9.59 Å². The van der Waals surface area contributed by atoms with Gasteiger partial charge in [-0.1, -0.05) is 6.92 Å². The van der Waals surface area contributed by atoms with Gasteiger partial charge in [0.15, 0.2) is 0 Å². The Bertz CT molecular complexity index is 601. The van der Waals surface area contributed by atoms with Crippen molar-refractivity contribution in [1.29, 1.82) is 0 Å². The van der Waals surface area contributed by atoms with E-state index in [-0.39, 0.29) is 5.41 Å². The van der Waals surface area contributed by atoms with E-state index in [9.17, 15) is 9.59 Å². The van der Waals surface area contributed by atoms with E-state index >= 15 is 0 Å². The molecule has 0 spiro atoms. The van der Waals surface area contributed by atoms with Crippen molar-refractivity contribution in [2.45, 2.75) is 70.5 Å². The van der Waals surface area contributed by atoms with Crippen molar-refractivity contribution in [3.05, 3.63) is 0 Å². The molecule has 0 aromatic rings. The molecular weight excluding hydrogens is 316 g/mol. The van der Waals surface area contributed by atoms with Crippen molar-refractivity contribution >= 4 is 23.3 Å². The number of fused-ring (bicyclic) bond motifs is 3. The number of carbonyl (C=O) groups excluding carboxylic acids is 2. The molecule has 5 aliphatic rings. The Morgan fingerprint density at radius 3 is 2.75 bits per heavy atom. The third-order valence-electron chi connectivity index (χ3n) is 9.24. The average Bonchev–Trinajstić information content (AvgIpc) is 3.02. The van der Waals surface area contributed by atoms with E-state index in [1.165, 1.54) is 37.9 Å². The number of Topliss-reactive ketones (excluding diaryl/α,β-unsaturated/α-hetero) is 2. The van der Waals surface area contributed by atoms with Crippen LogP contribution >= 0.6 is 11.8 Å². The molecule has 0 N–H and O–H groups in total. The number of ketones is 2. The fourth-order valence-corrected chi connectivity index (χ4v) is 10.3. The molecule has 5 fully saturated rings. The Labute approximate surface area is 149 Å². The Kier molecular flexibility index (Phi) is 3.39. The maximum atomic E-state index is 12.2. The fraction of sp³-hybridized carbons (Fsp3) is 0.905. The summed E-state index contributed by atoms with van der Waals surface area (Å²) in [5.41, 5.74) is 0.743. The second-order valence-corrected chi connectivity index (χ2v) is 11.1. The molecule has 5 rings (SSSR count). The van der Waals surface area contributed by atoms with Crippen LogP contribution in [0.5, 0.6) is 0 Å². The quantitative estimate of drug-likeness (QED) is 0.700. The van der Waals surface area contributed by atoms with Gasteiger partial charge in [0.05, 0.1) is 0 Å². The van der Waals surface area contributed by atoms with Crippen LogP contribution in [0.2, 0.25) is 0 Å². The van der Waals surface area contributed by atoms with Gasteiger partial charge in [-0.25, -0.2) is 0 Å². The van der Waals surface area contributed by atoms with E-state index in [1.807, 2.05) is 6.92 Å². The number of carbonyl (C=O) groups is 2. The van der Waals surface area contributed by atoms with E-state index in [4.69, 9.17) is 0 Å². The van der Waals surface area contributed by atoms with E-state index < -0.39 is 0 Å². The molecule has 0 aromatic heterocycles. The minimum Gasteiger partial charge on any atom is -0.300 e. The first-order valence-corrected chi connectivity index (χ1v) is 11.1. The molecule has 8 atom stereocenters. The van der Waals surface area contributed by atoms with E-state index in [0.29, 0.717) is 28.8 Å². The van der Waals surface area contributed by atoms with Crippen molar-refractivity contribution in [2.24, 2.45) is 40.4 Å². The molecule has 4 aliphatic carbocycles. The summed E-state index contributed by atoms with van der Waals surface area (Å²) in [5, 5.41) is 0.731. The predicted octanol–water partition coefficient (Wildman–Crippen LogP) is 4.51. The first kappa shape index (κ1) is 15.9. The highest BCUT2D eigenvalue weighted by Gasteiger charge is 2.66. The van der Waals surface area contributed by atoms with Gasteiger partial charge in [0.1, 0.15) is 11.6 Å². The van der Waals surface area contributed by atoms with E-state index in [2.05, 4.69) is 18.7 Å². The van der Waals surface area contributed by atoms with Crippen LogP contribution in [0.15, 0.2) is 0 Å². The Morgan fingerprint density at radius 1 is 1.12 bits per heavy atom. The SMILES string of the molecule is CC(=O)C1CCC2C3CC4SCC5(CCC(=O)C[C@H]45)C3CCC12C. The Morgan fingerprint density at radius 2 is 1.96 bits per heavy atom. The molecule has 7 unspecified atom stereocenters. The van der Waals surface area contributed by atoms with Gasteiger partial charge in [-0.15, -0.1) is 0 Å². The van der Waals surface area contributed by atoms with E-state index in [1.54, 1.807) is 0 Å². The summed E-state index contributed by atoms with van der Waals surface area (Å²) in [4.78, 5) is 24.3. The number of hydrogen-bond donors (Lipinski definition) is 0. The molecule has 0 radical (unpaired) electrons. The van der Waals surface area contributed by atoms with Crippen LogP contribution in [0.1, 0.15) is 65.2 Å². The molecule has 24 heavy (non-hydrogen) atoms. The average molecular weight is 347 g/mol. The molecule has 132 valence electrons. The molecule has 0 aromatic carbocycles. The number of hydrogen-bond acceptors (Lipinski definition) is 3. The van der Waals surface area contributed by atoms with Crippen LogP contribution in [0, 0.1) is 40.4 Å². The second-order valence-electron chi connectivity index (χ2n) is 9.83. The number of rotatable bonds is 1. The van der Waals surface area contributed by atoms with E-state index in [0.717, 1.165) is 42.3 Å². The highest BCUT2D eigenvalue weighted by molar-refractivity contribution is 8.00. The van der Waals surface area contributed by atoms with Crippen molar-refractivity contribution < 1.29 is 9.59 Å². The molecule has 4 saturated carbocycles. The largest absolute Gasteiger partial charge is 0.300 e. The lowest BCUT2D eigenvalue weighted by molar-refractivity contribution is -0.139. The molecule has 1 saturated heterocycles. The normalized spacial score (nSPS) is 55.7. The highest BCUT2D eigenvalue weighted by atomic mass is 32.2. The standard InChI is InChI=1S/C21H30O2S/c1-12(22)15-3-4-16-14-10-19-18-9-13(23)5-8-21(18,11-24-19)17(14)6-7-20(15,16)2/h14-19H,3-11H2,1-2H3/t14?,15?,16?,17?,18-,19?,20?,21?/m1/s1. The molecule has 3 heteroatoms. The van der Waals surface area contributed by atoms with Gasteiger partial charge in [-0.05, 0) is 85.7 Å². The maximum absolute atomic E-state index is 12.2. The zero-order valence-corrected chi connectivity index (χ0v) is 15.9. The van der Waals surface area contributed by atoms with Crippen molar-refractivity contribution in [3.63, 3.8) is 0 Å². The predicted molar refractivity (Wildman–Crippen MR) is 96.9 cm³/mol. The summed E-state index contributed by atoms with van der Waals surface area (Å²) >= 11 is 2.20. The van der Waals surface area contributed by atoms with Crippen molar-refractivity contribution in [1.82, 2.24) is 0 Å². The summed E-state index contributed by atoms with van der Waals surface area (Å²) in [6.07, 6.45) is 9.19. The van der Waals surface area contributed by atoms with Gasteiger partial charge in [0, 0.05) is 24.0 Å². The Balaban J connectivity index is 1.50. The molecule has 2 bridgehead atoms. The molecule has 1 aliphatic heterocycles. The third-order valence-corrected chi connectivity index (χ3v) is 10.9. The molecule has 2 nitrogen and oxygen atoms in total. The van der Waals surface area contributed by atoms with Crippen molar-refractivity contribution in [3.8, 4) is 0 Å². The lowest BCUT2D eigenvalue weighted by atomic mass is 9.44. The van der Waals surface area contributed by atoms with Gasteiger partial charge in [-0.2, -0.15) is 11.8 Å². The zero-order valence-electron chi connectivity index (χ0n) is 15.1. The second kappa shape index (κ2) is 5.11. The van der Waals surface area contributed by atoms with Crippen LogP contribution in [-0.4, -0.2) is 22.6 Å².